The van der Waals surface area contributed by atoms with Crippen LogP contribution in [0.2, 0.25) is 0 Å². The Morgan fingerprint density at radius 3 is 2.57 bits per heavy atom. The van der Waals surface area contributed by atoms with Crippen LogP contribution in [0, 0.1) is 6.92 Å². The van der Waals surface area contributed by atoms with Gasteiger partial charge in [0.2, 0.25) is 0 Å². The van der Waals surface area contributed by atoms with Crippen molar-refractivity contribution in [2.45, 2.75) is 33.1 Å². The maximum Gasteiger partial charge on any atom is 0.301 e. The van der Waals surface area contributed by atoms with Crippen LogP contribution in [0.3, 0.4) is 0 Å². The van der Waals surface area contributed by atoms with Gasteiger partial charge in [0, 0.05) is 26.7 Å². The second kappa shape index (κ2) is 7.31. The van der Waals surface area contributed by atoms with Crippen LogP contribution < -0.4 is 4.72 Å². The number of nitrogens with zero attached hydrogens (tertiary/aromatic N) is 2. The van der Waals surface area contributed by atoms with Gasteiger partial charge in [-0.05, 0) is 37.8 Å². The van der Waals surface area contributed by atoms with E-state index in [1.54, 1.807) is 17.0 Å². The van der Waals surface area contributed by atoms with Crippen molar-refractivity contribution in [2.75, 3.05) is 31.4 Å². The Labute approximate surface area is 138 Å². The molecule has 1 aromatic carbocycles. The first-order chi connectivity index (χ1) is 10.9. The Kier molecular flexibility index (Phi) is 5.64. The lowest BCUT2D eigenvalue weighted by molar-refractivity contribution is 0.0793. The summed E-state index contributed by atoms with van der Waals surface area (Å²) >= 11 is 0. The summed E-state index contributed by atoms with van der Waals surface area (Å²) in [7, 11) is -2.13. The number of carbonyl (C=O) groups excluding carboxylic acids is 1. The Morgan fingerprint density at radius 1 is 1.30 bits per heavy atom. The molecular formula is C16H25N3O3S. The molecule has 23 heavy (non-hydrogen) atoms. The summed E-state index contributed by atoms with van der Waals surface area (Å²) in [4.78, 5) is 14.5. The quantitative estimate of drug-likeness (QED) is 0.864. The number of likely N-dealkylation sites (tertiary alicyclic amines) is 1. The number of amides is 1. The standard InChI is InChI=1S/C16H25N3O3S/c1-4-10-18(3)23(21,22)17-14-9-7-8-13(2)15(14)16(20)19-11-5-6-12-19/h7-9,17H,4-6,10-12H2,1-3H3. The minimum Gasteiger partial charge on any atom is -0.339 e. The van der Waals surface area contributed by atoms with Crippen LogP contribution in [0.4, 0.5) is 5.69 Å². The van der Waals surface area contributed by atoms with E-state index in [1.807, 2.05) is 19.9 Å². The smallest absolute Gasteiger partial charge is 0.301 e. The summed E-state index contributed by atoms with van der Waals surface area (Å²) in [6, 6.07) is 5.23. The fraction of sp³-hybridized carbons (Fsp3) is 0.562. The molecule has 1 N–H and O–H groups in total. The van der Waals surface area contributed by atoms with Gasteiger partial charge in [-0.25, -0.2) is 0 Å². The molecule has 1 saturated heterocycles. The Bertz CT molecular complexity index is 667. The molecule has 0 atom stereocenters. The number of rotatable bonds is 6. The van der Waals surface area contributed by atoms with Gasteiger partial charge in [-0.1, -0.05) is 19.1 Å². The second-order valence-corrected chi connectivity index (χ2v) is 7.70. The molecule has 0 saturated carbocycles. The lowest BCUT2D eigenvalue weighted by Crippen LogP contribution is -2.34. The fourth-order valence-electron chi connectivity index (χ4n) is 2.77. The van der Waals surface area contributed by atoms with Crippen LogP contribution in [0.25, 0.3) is 0 Å². The highest BCUT2D eigenvalue weighted by Crippen LogP contribution is 2.25. The predicted octanol–water partition coefficient (Wildman–Crippen LogP) is 2.23. The molecule has 128 valence electrons. The fourth-order valence-corrected chi connectivity index (χ4v) is 3.79. The van der Waals surface area contributed by atoms with Crippen molar-refractivity contribution >= 4 is 21.8 Å². The lowest BCUT2D eigenvalue weighted by Gasteiger charge is -2.22. The third-order valence-corrected chi connectivity index (χ3v) is 5.55. The minimum absolute atomic E-state index is 0.101. The average Bonchev–Trinajstić information content (AvgIpc) is 3.01. The SMILES string of the molecule is CCCN(C)S(=O)(=O)Nc1cccc(C)c1C(=O)N1CCCC1. The van der Waals surface area contributed by atoms with Gasteiger partial charge in [-0.15, -0.1) is 0 Å². The zero-order valence-corrected chi connectivity index (χ0v) is 14.8. The van der Waals surface area contributed by atoms with Gasteiger partial charge >= 0.3 is 10.2 Å². The third-order valence-electron chi connectivity index (χ3n) is 4.07. The van der Waals surface area contributed by atoms with E-state index in [0.29, 0.717) is 17.8 Å². The topological polar surface area (TPSA) is 69.7 Å². The van der Waals surface area contributed by atoms with Crippen LogP contribution >= 0.6 is 0 Å². The van der Waals surface area contributed by atoms with Crippen molar-refractivity contribution in [2.24, 2.45) is 0 Å². The van der Waals surface area contributed by atoms with Gasteiger partial charge < -0.3 is 4.90 Å². The Morgan fingerprint density at radius 2 is 1.96 bits per heavy atom. The van der Waals surface area contributed by atoms with Crippen LogP contribution in [-0.4, -0.2) is 50.2 Å². The molecule has 1 aromatic rings. The van der Waals surface area contributed by atoms with E-state index in [9.17, 15) is 13.2 Å². The molecule has 1 aliphatic heterocycles. The van der Waals surface area contributed by atoms with E-state index in [4.69, 9.17) is 0 Å². The van der Waals surface area contributed by atoms with Gasteiger partial charge in [0.15, 0.2) is 0 Å². The first-order valence-corrected chi connectivity index (χ1v) is 9.43. The molecule has 0 bridgehead atoms. The third kappa shape index (κ3) is 4.03. The number of hydrogen-bond donors (Lipinski definition) is 1. The number of benzene rings is 1. The Hall–Kier alpha value is -1.60. The summed E-state index contributed by atoms with van der Waals surface area (Å²) in [5.74, 6) is -0.101. The molecule has 1 fully saturated rings. The highest BCUT2D eigenvalue weighted by molar-refractivity contribution is 7.90. The normalized spacial score (nSPS) is 15.2. The highest BCUT2D eigenvalue weighted by Gasteiger charge is 2.26. The molecule has 7 heteroatoms. The van der Waals surface area contributed by atoms with Crippen molar-refractivity contribution in [3.63, 3.8) is 0 Å². The van der Waals surface area contributed by atoms with Crippen LogP contribution in [0.1, 0.15) is 42.1 Å². The summed E-state index contributed by atoms with van der Waals surface area (Å²) < 4.78 is 28.6. The van der Waals surface area contributed by atoms with Crippen molar-refractivity contribution in [3.8, 4) is 0 Å². The van der Waals surface area contributed by atoms with Crippen molar-refractivity contribution in [1.29, 1.82) is 0 Å². The number of carbonyl (C=O) groups is 1. The number of nitrogens with one attached hydrogen (secondary N) is 1. The number of hydrogen-bond acceptors (Lipinski definition) is 3. The molecule has 2 rings (SSSR count). The van der Waals surface area contributed by atoms with Gasteiger partial charge in [0.05, 0.1) is 11.3 Å². The van der Waals surface area contributed by atoms with Crippen LogP contribution in [0.5, 0.6) is 0 Å². The van der Waals surface area contributed by atoms with Gasteiger partial charge in [-0.2, -0.15) is 12.7 Å². The van der Waals surface area contributed by atoms with Crippen molar-refractivity contribution < 1.29 is 13.2 Å². The zero-order valence-electron chi connectivity index (χ0n) is 14.0. The Balaban J connectivity index is 2.32. The largest absolute Gasteiger partial charge is 0.339 e. The molecular weight excluding hydrogens is 314 g/mol. The van der Waals surface area contributed by atoms with Crippen molar-refractivity contribution in [3.05, 3.63) is 29.3 Å². The summed E-state index contributed by atoms with van der Waals surface area (Å²) in [6.45, 7) is 5.64. The van der Waals surface area contributed by atoms with Crippen molar-refractivity contribution in [1.82, 2.24) is 9.21 Å². The lowest BCUT2D eigenvalue weighted by atomic mass is 10.1. The van der Waals surface area contributed by atoms with Crippen LogP contribution in [0.15, 0.2) is 18.2 Å². The summed E-state index contributed by atoms with van der Waals surface area (Å²) in [6.07, 6.45) is 2.72. The molecule has 0 spiro atoms. The molecule has 0 unspecified atom stereocenters. The first kappa shape index (κ1) is 17.7. The van der Waals surface area contributed by atoms with Gasteiger partial charge in [0.25, 0.3) is 5.91 Å². The molecule has 0 radical (unpaired) electrons. The maximum atomic E-state index is 12.7. The molecule has 1 amide bonds. The zero-order chi connectivity index (χ0) is 17.0. The highest BCUT2D eigenvalue weighted by atomic mass is 32.2. The maximum absolute atomic E-state index is 12.7. The minimum atomic E-state index is -3.66. The average molecular weight is 339 g/mol. The number of anilines is 1. The van der Waals surface area contributed by atoms with Gasteiger partial charge in [-0.3, -0.25) is 9.52 Å². The predicted molar refractivity (Wildman–Crippen MR) is 91.8 cm³/mol. The molecule has 1 aliphatic rings. The summed E-state index contributed by atoms with van der Waals surface area (Å²) in [5, 5.41) is 0. The molecule has 6 nitrogen and oxygen atoms in total. The van der Waals surface area contributed by atoms with Gasteiger partial charge in [0.1, 0.15) is 0 Å². The molecule has 1 heterocycles. The first-order valence-electron chi connectivity index (χ1n) is 7.99. The molecule has 0 aromatic heterocycles. The van der Waals surface area contributed by atoms with E-state index in [2.05, 4.69) is 4.72 Å². The van der Waals surface area contributed by atoms with E-state index >= 15 is 0 Å². The number of aryl methyl sites for hydroxylation is 1. The van der Waals surface area contributed by atoms with Crippen LogP contribution in [-0.2, 0) is 10.2 Å². The summed E-state index contributed by atoms with van der Waals surface area (Å²) in [5.41, 5.74) is 1.58. The monoisotopic (exact) mass is 339 g/mol. The second-order valence-electron chi connectivity index (χ2n) is 5.93. The van der Waals surface area contributed by atoms with E-state index in [-0.39, 0.29) is 5.91 Å². The van der Waals surface area contributed by atoms with E-state index in [0.717, 1.165) is 37.9 Å². The molecule has 0 aliphatic carbocycles. The van der Waals surface area contributed by atoms with E-state index in [1.165, 1.54) is 11.4 Å². The van der Waals surface area contributed by atoms with E-state index < -0.39 is 10.2 Å².